The van der Waals surface area contributed by atoms with E-state index in [1.807, 2.05) is 0 Å². The number of hydrogen-bond acceptors (Lipinski definition) is 15. The fraction of sp³-hybridized carbons (Fsp3) is 0.382. The zero-order chi connectivity index (χ0) is 35.6. The summed E-state index contributed by atoms with van der Waals surface area (Å²) in [6.45, 7) is -1.21. The molecule has 264 valence electrons. The van der Waals surface area contributed by atoms with Crippen molar-refractivity contribution >= 4 is 11.0 Å². The highest BCUT2D eigenvalue weighted by molar-refractivity contribution is 5.86. The van der Waals surface area contributed by atoms with Gasteiger partial charge < -0.3 is 69.0 Å². The molecule has 0 bridgehead atoms. The summed E-state index contributed by atoms with van der Waals surface area (Å²) in [5.41, 5.74) is 0.537. The van der Waals surface area contributed by atoms with Crippen molar-refractivity contribution in [3.8, 4) is 45.8 Å². The molecule has 3 aromatic carbocycles. The number of aliphatic hydroxyl groups is 5. The van der Waals surface area contributed by atoms with Crippen molar-refractivity contribution in [3.05, 3.63) is 69.9 Å². The van der Waals surface area contributed by atoms with Crippen molar-refractivity contribution < 1.29 is 69.0 Å². The first-order valence-corrected chi connectivity index (χ1v) is 15.1. The van der Waals surface area contributed by atoms with Crippen LogP contribution in [0.4, 0.5) is 0 Å². The van der Waals surface area contributed by atoms with Crippen molar-refractivity contribution in [1.82, 2.24) is 0 Å². The Kier molecular flexibility index (Phi) is 10.8. The van der Waals surface area contributed by atoms with E-state index in [9.17, 15) is 45.6 Å². The van der Waals surface area contributed by atoms with Gasteiger partial charge in [0.2, 0.25) is 0 Å². The molecule has 0 aliphatic carbocycles. The average molecular weight is 687 g/mol. The van der Waals surface area contributed by atoms with Crippen molar-refractivity contribution in [1.29, 1.82) is 0 Å². The summed E-state index contributed by atoms with van der Waals surface area (Å²) in [6.07, 6.45) is -9.07. The first-order valence-electron chi connectivity index (χ1n) is 15.1. The van der Waals surface area contributed by atoms with Crippen LogP contribution >= 0.6 is 0 Å². The van der Waals surface area contributed by atoms with E-state index in [0.717, 1.165) is 6.07 Å². The van der Waals surface area contributed by atoms with Crippen LogP contribution in [0.25, 0.3) is 22.3 Å². The maximum Gasteiger partial charge on any atom is 0.197 e. The third kappa shape index (κ3) is 7.09. The highest BCUT2D eigenvalue weighted by atomic mass is 16.7. The highest BCUT2D eigenvalue weighted by Crippen LogP contribution is 2.42. The van der Waals surface area contributed by atoms with Crippen LogP contribution in [0.1, 0.15) is 17.2 Å². The molecule has 15 heteroatoms. The lowest BCUT2D eigenvalue weighted by Gasteiger charge is -2.42. The fourth-order valence-corrected chi connectivity index (χ4v) is 5.91. The molecular weight excluding hydrogens is 648 g/mol. The van der Waals surface area contributed by atoms with E-state index >= 15 is 0 Å². The highest BCUT2D eigenvalue weighted by Gasteiger charge is 2.46. The molecule has 1 aromatic heterocycles. The Labute approximate surface area is 279 Å². The van der Waals surface area contributed by atoms with Gasteiger partial charge in [0.15, 0.2) is 23.2 Å². The van der Waals surface area contributed by atoms with Gasteiger partial charge in [0.25, 0.3) is 0 Å². The van der Waals surface area contributed by atoms with E-state index in [1.165, 1.54) is 51.7 Å². The van der Waals surface area contributed by atoms with Gasteiger partial charge in [0.1, 0.15) is 64.1 Å². The Morgan fingerprint density at radius 1 is 0.796 bits per heavy atom. The van der Waals surface area contributed by atoms with Crippen LogP contribution in [0, 0.1) is 5.92 Å². The van der Waals surface area contributed by atoms with E-state index in [0.29, 0.717) is 16.7 Å². The maximum absolute atomic E-state index is 12.9. The number of aliphatic hydroxyl groups excluding tert-OH is 5. The Hall–Kier alpha value is -4.61. The molecule has 0 spiro atoms. The summed E-state index contributed by atoms with van der Waals surface area (Å²) < 4.78 is 34.3. The van der Waals surface area contributed by atoms with Gasteiger partial charge in [-0.15, -0.1) is 0 Å². The van der Waals surface area contributed by atoms with Gasteiger partial charge in [0, 0.05) is 41.9 Å². The number of rotatable bonds is 12. The summed E-state index contributed by atoms with van der Waals surface area (Å²) in [5.74, 6) is -1.13. The van der Waals surface area contributed by atoms with E-state index in [4.69, 9.17) is 28.1 Å². The van der Waals surface area contributed by atoms with Crippen LogP contribution < -0.4 is 19.6 Å². The Morgan fingerprint density at radius 2 is 1.47 bits per heavy atom. The second kappa shape index (κ2) is 14.9. The SMILES string of the molecule is COc1cc(C(O[C@@H]2OC(CO)[C@@H](O)[C@H](O)C2O)[C@H](CO)Cc2c(OC)cc(-c3cc(=O)c4c(O)cc(O)cc4o3)cc2OC)ccc1O. The first-order chi connectivity index (χ1) is 23.4. The molecule has 1 fully saturated rings. The largest absolute Gasteiger partial charge is 0.508 e. The number of phenolic OH excluding ortho intramolecular Hbond substituents is 3. The van der Waals surface area contributed by atoms with Crippen LogP contribution in [0.5, 0.6) is 34.5 Å². The third-order valence-electron chi connectivity index (χ3n) is 8.48. The number of fused-ring (bicyclic) bond motifs is 1. The zero-order valence-electron chi connectivity index (χ0n) is 26.7. The average Bonchev–Trinajstić information content (AvgIpc) is 3.09. The van der Waals surface area contributed by atoms with Gasteiger partial charge in [-0.25, -0.2) is 0 Å². The maximum atomic E-state index is 12.9. The molecule has 15 nitrogen and oxygen atoms in total. The van der Waals surface area contributed by atoms with Crippen LogP contribution in [0.15, 0.2) is 57.7 Å². The Balaban J connectivity index is 1.56. The molecule has 1 saturated heterocycles. The lowest BCUT2D eigenvalue weighted by atomic mass is 9.88. The molecule has 4 aromatic rings. The monoisotopic (exact) mass is 686 g/mol. The van der Waals surface area contributed by atoms with Crippen molar-refractivity contribution in [2.24, 2.45) is 5.92 Å². The van der Waals surface area contributed by atoms with E-state index < -0.39 is 67.1 Å². The quantitative estimate of drug-likeness (QED) is 0.105. The number of benzene rings is 3. The van der Waals surface area contributed by atoms with Crippen LogP contribution in [-0.4, -0.2) is 106 Å². The van der Waals surface area contributed by atoms with Gasteiger partial charge in [0.05, 0.1) is 34.0 Å². The van der Waals surface area contributed by atoms with Crippen LogP contribution in [0.3, 0.4) is 0 Å². The van der Waals surface area contributed by atoms with Gasteiger partial charge in [-0.3, -0.25) is 4.79 Å². The topological polar surface area (TPSA) is 238 Å². The predicted molar refractivity (Wildman–Crippen MR) is 171 cm³/mol. The predicted octanol–water partition coefficient (Wildman–Crippen LogP) is 1.31. The molecular formula is C34H38O15. The summed E-state index contributed by atoms with van der Waals surface area (Å²) in [4.78, 5) is 12.9. The molecule has 8 N–H and O–H groups in total. The minimum atomic E-state index is -1.75. The lowest BCUT2D eigenvalue weighted by molar-refractivity contribution is -0.317. The molecule has 3 unspecified atom stereocenters. The smallest absolute Gasteiger partial charge is 0.197 e. The summed E-state index contributed by atoms with van der Waals surface area (Å²) >= 11 is 0. The number of aromatic hydroxyl groups is 3. The molecule has 7 atom stereocenters. The molecule has 49 heavy (non-hydrogen) atoms. The Morgan fingerprint density at radius 3 is 2.08 bits per heavy atom. The normalized spacial score (nSPS) is 22.1. The lowest BCUT2D eigenvalue weighted by Crippen LogP contribution is -2.59. The summed E-state index contributed by atoms with van der Waals surface area (Å²) in [7, 11) is 4.14. The third-order valence-corrected chi connectivity index (χ3v) is 8.48. The second-order valence-corrected chi connectivity index (χ2v) is 11.5. The van der Waals surface area contributed by atoms with Gasteiger partial charge >= 0.3 is 0 Å². The van der Waals surface area contributed by atoms with Gasteiger partial charge in [-0.2, -0.15) is 0 Å². The summed E-state index contributed by atoms with van der Waals surface area (Å²) in [5, 5.41) is 82.1. The molecule has 0 saturated carbocycles. The molecule has 2 heterocycles. The molecule has 1 aliphatic rings. The number of hydrogen-bond donors (Lipinski definition) is 8. The molecule has 1 aliphatic heterocycles. The number of ether oxygens (including phenoxy) is 5. The molecule has 0 radical (unpaired) electrons. The van der Waals surface area contributed by atoms with E-state index in [1.54, 1.807) is 12.1 Å². The number of phenols is 3. The van der Waals surface area contributed by atoms with Crippen molar-refractivity contribution in [2.75, 3.05) is 34.5 Å². The standard InChI is InChI=1S/C34H38O15/c1-44-24-8-16(23-12-22(40)29-21(39)10-18(37)11-27(29)47-23)9-25(45-2)19(24)6-17(13-35)33(15-4-5-20(38)26(7-15)46-3)49-34-32(43)31(42)30(41)28(14-36)48-34/h4-5,7-12,17,28,30-39,41-43H,6,13-14H2,1-3H3/t17-,28?,30+,31-,32?,33?,34-/m0/s1. The summed E-state index contributed by atoms with van der Waals surface area (Å²) in [6, 6.07) is 10.8. The minimum Gasteiger partial charge on any atom is -0.508 e. The van der Waals surface area contributed by atoms with Gasteiger partial charge in [-0.1, -0.05) is 6.07 Å². The zero-order valence-corrected chi connectivity index (χ0v) is 26.7. The minimum absolute atomic E-state index is 0.00216. The first kappa shape index (κ1) is 35.7. The molecule has 0 amide bonds. The van der Waals surface area contributed by atoms with Crippen LogP contribution in [0.2, 0.25) is 0 Å². The van der Waals surface area contributed by atoms with Crippen molar-refractivity contribution in [2.45, 2.75) is 43.2 Å². The second-order valence-electron chi connectivity index (χ2n) is 11.5. The fourth-order valence-electron chi connectivity index (χ4n) is 5.91. The van der Waals surface area contributed by atoms with E-state index in [2.05, 4.69) is 0 Å². The Bertz CT molecular complexity index is 1810. The van der Waals surface area contributed by atoms with Gasteiger partial charge in [-0.05, 0) is 36.2 Å². The van der Waals surface area contributed by atoms with Crippen molar-refractivity contribution in [3.63, 3.8) is 0 Å². The molecule has 5 rings (SSSR count). The van der Waals surface area contributed by atoms with E-state index in [-0.39, 0.29) is 51.9 Å². The van der Waals surface area contributed by atoms with Crippen LogP contribution in [-0.2, 0) is 15.9 Å². The number of methoxy groups -OCH3 is 3.